The van der Waals surface area contributed by atoms with E-state index in [9.17, 15) is 35.9 Å². The molecule has 3 atom stereocenters. The van der Waals surface area contributed by atoms with Crippen LogP contribution in [0.2, 0.25) is 0 Å². The summed E-state index contributed by atoms with van der Waals surface area (Å²) < 4.78 is 89.5. The Balaban J connectivity index is 1.28. The third-order valence-corrected chi connectivity index (χ3v) is 6.63. The van der Waals surface area contributed by atoms with Crippen molar-refractivity contribution in [2.75, 3.05) is 43.6 Å². The summed E-state index contributed by atoms with van der Waals surface area (Å²) >= 11 is 0. The lowest BCUT2D eigenvalue weighted by atomic mass is 9.95. The molecule has 1 fully saturated rings. The van der Waals surface area contributed by atoms with E-state index in [1.807, 2.05) is 4.90 Å². The van der Waals surface area contributed by atoms with Crippen molar-refractivity contribution in [3.63, 3.8) is 0 Å². The Morgan fingerprint density at radius 2 is 2.03 bits per heavy atom. The predicted octanol–water partition coefficient (Wildman–Crippen LogP) is 2.91. The second kappa shape index (κ2) is 10.9. The fourth-order valence-corrected chi connectivity index (χ4v) is 4.64. The molecular formula is C23H26F6N6O4. The molecule has 2 N–H and O–H groups in total. The van der Waals surface area contributed by atoms with Gasteiger partial charge >= 0.3 is 12.4 Å². The van der Waals surface area contributed by atoms with Gasteiger partial charge in [0.25, 0.3) is 5.56 Å². The van der Waals surface area contributed by atoms with Gasteiger partial charge in [-0.05, 0) is 25.8 Å². The van der Waals surface area contributed by atoms with Crippen LogP contribution in [0, 0.1) is 0 Å². The van der Waals surface area contributed by atoms with Crippen LogP contribution in [-0.4, -0.2) is 77.5 Å². The van der Waals surface area contributed by atoms with Gasteiger partial charge in [0.1, 0.15) is 18.8 Å². The number of nitrogens with one attached hydrogen (secondary N) is 2. The second-order valence-corrected chi connectivity index (χ2v) is 9.43. The maximum absolute atomic E-state index is 13.2. The maximum atomic E-state index is 13.2. The molecular weight excluding hydrogens is 538 g/mol. The quantitative estimate of drug-likeness (QED) is 0.494. The van der Waals surface area contributed by atoms with Crippen molar-refractivity contribution >= 4 is 17.4 Å². The van der Waals surface area contributed by atoms with E-state index in [1.54, 1.807) is 12.1 Å². The molecule has 39 heavy (non-hydrogen) atoms. The number of nitrogens with zero attached hydrogens (tertiary/aromatic N) is 4. The van der Waals surface area contributed by atoms with Crippen LogP contribution >= 0.6 is 0 Å². The van der Waals surface area contributed by atoms with E-state index in [2.05, 4.69) is 15.4 Å². The summed E-state index contributed by atoms with van der Waals surface area (Å²) in [5.74, 6) is 0.0543. The zero-order valence-electron chi connectivity index (χ0n) is 20.9. The molecule has 10 nitrogen and oxygen atoms in total. The lowest BCUT2D eigenvalue weighted by Gasteiger charge is -2.45. The number of aromatic nitrogens is 3. The van der Waals surface area contributed by atoms with Crippen molar-refractivity contribution in [1.82, 2.24) is 20.1 Å². The van der Waals surface area contributed by atoms with Gasteiger partial charge in [0.15, 0.2) is 11.6 Å². The van der Waals surface area contributed by atoms with Crippen molar-refractivity contribution in [1.29, 1.82) is 0 Å². The van der Waals surface area contributed by atoms with Gasteiger partial charge in [-0.25, -0.2) is 10.1 Å². The highest BCUT2D eigenvalue weighted by molar-refractivity contribution is 5.77. The number of carbonyl (C=O) groups excluding carboxylic acids is 1. The second-order valence-electron chi connectivity index (χ2n) is 9.43. The highest BCUT2D eigenvalue weighted by atomic mass is 19.4. The molecule has 0 spiro atoms. The standard InChI is InChI=1S/C23H26F6N6O4/c1-12(32-16-8-31-33-21(37)19(16)23(27,28)29)9-38-11-18(36)34(2)14-3-4-35-15(6-14)10-39-17-5-13(22(24,25)26)7-30-20(17)35/h5,7-8,12,14-15H,3-4,6,9-11H2,1-2H3,(H2,32,33,37). The van der Waals surface area contributed by atoms with Crippen LogP contribution in [-0.2, 0) is 21.9 Å². The smallest absolute Gasteiger partial charge is 0.423 e. The number of hydrogen-bond acceptors (Lipinski definition) is 8. The van der Waals surface area contributed by atoms with Crippen molar-refractivity contribution in [3.8, 4) is 5.75 Å². The Morgan fingerprint density at radius 1 is 1.28 bits per heavy atom. The van der Waals surface area contributed by atoms with Gasteiger partial charge in [-0.15, -0.1) is 0 Å². The molecule has 0 aliphatic carbocycles. The lowest BCUT2D eigenvalue weighted by molar-refractivity contribution is -0.138. The van der Waals surface area contributed by atoms with Crippen LogP contribution in [0.5, 0.6) is 5.75 Å². The first-order valence-electron chi connectivity index (χ1n) is 12.0. The summed E-state index contributed by atoms with van der Waals surface area (Å²) in [4.78, 5) is 31.7. The Hall–Kier alpha value is -3.56. The first-order chi connectivity index (χ1) is 18.3. The molecule has 0 aromatic carbocycles. The maximum Gasteiger partial charge on any atom is 0.423 e. The van der Waals surface area contributed by atoms with E-state index in [0.717, 1.165) is 18.5 Å². The number of alkyl halides is 6. The van der Waals surface area contributed by atoms with E-state index >= 15 is 0 Å². The van der Waals surface area contributed by atoms with Gasteiger partial charge in [-0.2, -0.15) is 31.4 Å². The number of pyridine rings is 1. The number of anilines is 2. The number of H-pyrrole nitrogens is 1. The molecule has 0 saturated carbocycles. The van der Waals surface area contributed by atoms with E-state index in [1.165, 1.54) is 11.8 Å². The third-order valence-electron chi connectivity index (χ3n) is 6.63. The average Bonchev–Trinajstić information content (AvgIpc) is 2.86. The fourth-order valence-electron chi connectivity index (χ4n) is 4.64. The fraction of sp³-hybridized carbons (Fsp3) is 0.565. The van der Waals surface area contributed by atoms with Crippen LogP contribution in [0.1, 0.15) is 30.9 Å². The molecule has 0 radical (unpaired) electrons. The number of likely N-dealkylation sites (N-methyl/N-ethyl adjacent to an activating group) is 1. The van der Waals surface area contributed by atoms with Gasteiger partial charge in [0.2, 0.25) is 5.91 Å². The Labute approximate surface area is 218 Å². The van der Waals surface area contributed by atoms with Crippen LogP contribution in [0.15, 0.2) is 23.3 Å². The Bertz CT molecular complexity index is 1250. The topological polar surface area (TPSA) is 113 Å². The monoisotopic (exact) mass is 564 g/mol. The predicted molar refractivity (Wildman–Crippen MR) is 125 cm³/mol. The average molecular weight is 564 g/mol. The van der Waals surface area contributed by atoms with Gasteiger partial charge < -0.3 is 24.6 Å². The van der Waals surface area contributed by atoms with Crippen molar-refractivity contribution < 1.29 is 40.6 Å². The van der Waals surface area contributed by atoms with E-state index in [-0.39, 0.29) is 43.6 Å². The first kappa shape index (κ1) is 28.4. The summed E-state index contributed by atoms with van der Waals surface area (Å²) in [5, 5.41) is 7.67. The minimum Gasteiger partial charge on any atom is -0.488 e. The molecule has 4 heterocycles. The third kappa shape index (κ3) is 6.37. The van der Waals surface area contributed by atoms with Crippen molar-refractivity contribution in [3.05, 3.63) is 39.9 Å². The summed E-state index contributed by atoms with van der Waals surface area (Å²) in [6.45, 7) is 1.67. The molecule has 1 saturated heterocycles. The van der Waals surface area contributed by atoms with Crippen LogP contribution in [0.25, 0.3) is 0 Å². The highest BCUT2D eigenvalue weighted by Crippen LogP contribution is 2.40. The Morgan fingerprint density at radius 3 is 2.72 bits per heavy atom. The molecule has 2 aromatic heterocycles. The number of fused-ring (bicyclic) bond motifs is 3. The van der Waals surface area contributed by atoms with E-state index < -0.39 is 40.8 Å². The number of aromatic amines is 1. The van der Waals surface area contributed by atoms with Gasteiger partial charge in [0, 0.05) is 31.9 Å². The summed E-state index contributed by atoms with van der Waals surface area (Å²) in [5.41, 5.74) is -4.17. The summed E-state index contributed by atoms with van der Waals surface area (Å²) in [6, 6.07) is -0.120. The highest BCUT2D eigenvalue weighted by Gasteiger charge is 2.40. The summed E-state index contributed by atoms with van der Waals surface area (Å²) in [7, 11) is 1.61. The number of amides is 1. The number of halogens is 6. The van der Waals surface area contributed by atoms with Crippen LogP contribution in [0.4, 0.5) is 37.8 Å². The number of carbonyl (C=O) groups is 1. The molecule has 1 amide bonds. The zero-order valence-corrected chi connectivity index (χ0v) is 20.9. The number of ether oxygens (including phenoxy) is 2. The minimum absolute atomic E-state index is 0.0679. The molecule has 0 bridgehead atoms. The minimum atomic E-state index is -4.89. The van der Waals surface area contributed by atoms with Gasteiger partial charge in [0.05, 0.1) is 30.1 Å². The molecule has 2 aliphatic rings. The van der Waals surface area contributed by atoms with Gasteiger partial charge in [-0.3, -0.25) is 9.59 Å². The molecule has 3 unspecified atom stereocenters. The molecule has 4 rings (SSSR count). The number of rotatable bonds is 7. The molecule has 2 aliphatic heterocycles. The number of hydrogen-bond donors (Lipinski definition) is 2. The molecule has 214 valence electrons. The van der Waals surface area contributed by atoms with Crippen molar-refractivity contribution in [2.45, 2.75) is 50.2 Å². The largest absolute Gasteiger partial charge is 0.488 e. The molecule has 2 aromatic rings. The normalized spacial score (nSPS) is 19.9. The zero-order chi connectivity index (χ0) is 28.5. The van der Waals surface area contributed by atoms with E-state index in [0.29, 0.717) is 25.2 Å². The van der Waals surface area contributed by atoms with Crippen LogP contribution in [0.3, 0.4) is 0 Å². The SMILES string of the molecule is CC(COCC(=O)N(C)C1CCN2c3ncc(C(F)(F)F)cc3OCC2C1)Nc1cn[nH]c(=O)c1C(F)(F)F. The first-order valence-corrected chi connectivity index (χ1v) is 12.0. The van der Waals surface area contributed by atoms with E-state index in [4.69, 9.17) is 9.47 Å². The van der Waals surface area contributed by atoms with Crippen LogP contribution < -0.4 is 20.5 Å². The van der Waals surface area contributed by atoms with Crippen molar-refractivity contribution in [2.24, 2.45) is 0 Å². The Kier molecular flexibility index (Phi) is 7.95. The number of piperidine rings is 1. The molecule has 16 heteroatoms. The summed E-state index contributed by atoms with van der Waals surface area (Å²) in [6.07, 6.45) is -6.76. The lowest BCUT2D eigenvalue weighted by Crippen LogP contribution is -2.54. The van der Waals surface area contributed by atoms with Gasteiger partial charge in [-0.1, -0.05) is 0 Å².